The summed E-state index contributed by atoms with van der Waals surface area (Å²) in [7, 11) is 0. The minimum absolute atomic E-state index is 0.186. The number of fused-ring (bicyclic) bond motifs is 1. The van der Waals surface area contributed by atoms with Crippen LogP contribution in [0.1, 0.15) is 6.92 Å². The molecule has 0 aliphatic heterocycles. The molecule has 0 unspecified atom stereocenters. The van der Waals surface area contributed by atoms with E-state index in [1.807, 2.05) is 24.3 Å². The Morgan fingerprint density at radius 2 is 1.91 bits per heavy atom. The van der Waals surface area contributed by atoms with Gasteiger partial charge < -0.3 is 0 Å². The minimum Gasteiger partial charge on any atom is -0.291 e. The molecule has 0 bridgehead atoms. The largest absolute Gasteiger partial charge is 0.291 e. The molecule has 22 heavy (non-hydrogen) atoms. The van der Waals surface area contributed by atoms with Crippen molar-refractivity contribution in [3.8, 4) is 0 Å². The van der Waals surface area contributed by atoms with E-state index in [9.17, 15) is 4.79 Å². The molecule has 0 radical (unpaired) electrons. The number of ketones is 1. The summed E-state index contributed by atoms with van der Waals surface area (Å²) in [4.78, 5) is 11.8. The fraction of sp³-hybridized carbons (Fsp3) is 0.0625. The maximum Gasteiger partial charge on any atom is 0.216 e. The summed E-state index contributed by atoms with van der Waals surface area (Å²) in [5, 5.41) is 10.1. The Bertz CT molecular complexity index is 819. The van der Waals surface area contributed by atoms with E-state index in [0.717, 1.165) is 16.6 Å². The molecule has 5 nitrogen and oxygen atoms in total. The molecule has 3 rings (SSSR count). The lowest BCUT2D eigenvalue weighted by atomic mass is 10.3. The topological polar surface area (TPSA) is 59.3 Å². The monoisotopic (exact) mass is 312 g/mol. The summed E-state index contributed by atoms with van der Waals surface area (Å²) in [6, 6.07) is 14.7. The van der Waals surface area contributed by atoms with Crippen LogP contribution in [0.25, 0.3) is 10.9 Å². The van der Waals surface area contributed by atoms with Gasteiger partial charge in [0, 0.05) is 23.5 Å². The van der Waals surface area contributed by atoms with E-state index in [4.69, 9.17) is 11.6 Å². The van der Waals surface area contributed by atoms with E-state index in [2.05, 4.69) is 15.6 Å². The van der Waals surface area contributed by atoms with Gasteiger partial charge in [-0.25, -0.2) is 4.68 Å². The molecule has 0 fully saturated rings. The van der Waals surface area contributed by atoms with Gasteiger partial charge in [0.05, 0.1) is 11.2 Å². The molecule has 0 saturated carbocycles. The predicted molar refractivity (Wildman–Crippen MR) is 88.3 cm³/mol. The van der Waals surface area contributed by atoms with Crippen LogP contribution >= 0.6 is 11.6 Å². The molecule has 2 aromatic carbocycles. The number of Topliss-reactive ketones (excluding diaryl/α,β-unsaturated/α-hetero) is 1. The van der Waals surface area contributed by atoms with Crippen molar-refractivity contribution in [3.05, 3.63) is 59.8 Å². The number of nitrogens with zero attached hydrogens (tertiary/aromatic N) is 3. The van der Waals surface area contributed by atoms with Crippen LogP contribution in [0.4, 0.5) is 5.69 Å². The van der Waals surface area contributed by atoms with Crippen LogP contribution in [0.2, 0.25) is 5.02 Å². The van der Waals surface area contributed by atoms with Gasteiger partial charge in [0.15, 0.2) is 5.78 Å². The second-order valence-corrected chi connectivity index (χ2v) is 5.18. The standard InChI is InChI=1S/C16H13ClN4O/c1-11(22)16(19-18-14-8-6-13(17)7-9-14)21-10-12-4-2-3-5-15(12)20-21/h2-10,18H,1H3/b19-16-. The summed E-state index contributed by atoms with van der Waals surface area (Å²) in [6.07, 6.45) is 1.78. The lowest BCUT2D eigenvalue weighted by Gasteiger charge is -2.04. The maximum atomic E-state index is 11.8. The Morgan fingerprint density at radius 3 is 2.59 bits per heavy atom. The Labute approximate surface area is 132 Å². The van der Waals surface area contributed by atoms with Crippen molar-refractivity contribution >= 4 is 39.8 Å². The number of carbonyl (C=O) groups excluding carboxylic acids is 1. The second-order valence-electron chi connectivity index (χ2n) is 4.74. The van der Waals surface area contributed by atoms with Crippen molar-refractivity contribution < 1.29 is 4.79 Å². The second kappa shape index (κ2) is 5.99. The van der Waals surface area contributed by atoms with Crippen LogP contribution in [0.5, 0.6) is 0 Å². The number of hydrazone groups is 1. The average molecular weight is 313 g/mol. The van der Waals surface area contributed by atoms with Gasteiger partial charge in [0.25, 0.3) is 0 Å². The van der Waals surface area contributed by atoms with Gasteiger partial charge in [0.1, 0.15) is 0 Å². The highest BCUT2D eigenvalue weighted by Gasteiger charge is 2.11. The highest BCUT2D eigenvalue weighted by molar-refractivity contribution is 6.38. The van der Waals surface area contributed by atoms with Crippen LogP contribution in [0, 0.1) is 0 Å². The number of halogens is 1. The molecule has 0 aliphatic carbocycles. The molecule has 110 valence electrons. The van der Waals surface area contributed by atoms with Crippen LogP contribution < -0.4 is 5.43 Å². The SMILES string of the molecule is CC(=O)/C(=N/Nc1ccc(Cl)cc1)n1cc2ccccc2n1. The molecule has 0 amide bonds. The van der Waals surface area contributed by atoms with Crippen LogP contribution in [0.3, 0.4) is 0 Å². The van der Waals surface area contributed by atoms with E-state index in [1.54, 1.807) is 30.5 Å². The maximum absolute atomic E-state index is 11.8. The lowest BCUT2D eigenvalue weighted by Crippen LogP contribution is -2.22. The molecule has 0 saturated heterocycles. The summed E-state index contributed by atoms with van der Waals surface area (Å²) in [5.74, 6) is 0.0282. The number of hydrogen-bond donors (Lipinski definition) is 1. The Morgan fingerprint density at radius 1 is 1.18 bits per heavy atom. The van der Waals surface area contributed by atoms with E-state index in [0.29, 0.717) is 5.02 Å². The molecule has 1 aromatic heterocycles. The van der Waals surface area contributed by atoms with Crippen molar-refractivity contribution in [2.45, 2.75) is 6.92 Å². The van der Waals surface area contributed by atoms with Crippen molar-refractivity contribution in [1.82, 2.24) is 9.78 Å². The Balaban J connectivity index is 1.93. The minimum atomic E-state index is -0.186. The molecular weight excluding hydrogens is 300 g/mol. The van der Waals surface area contributed by atoms with Gasteiger partial charge in [-0.3, -0.25) is 10.2 Å². The number of aromatic nitrogens is 2. The normalized spacial score (nSPS) is 11.6. The zero-order valence-corrected chi connectivity index (χ0v) is 12.6. The van der Waals surface area contributed by atoms with Gasteiger partial charge in [-0.2, -0.15) is 10.2 Å². The first-order chi connectivity index (χ1) is 10.6. The van der Waals surface area contributed by atoms with Crippen LogP contribution in [-0.4, -0.2) is 21.4 Å². The Kier molecular flexibility index (Phi) is 3.89. The van der Waals surface area contributed by atoms with Gasteiger partial charge in [-0.05, 0) is 30.3 Å². The molecule has 0 atom stereocenters. The summed E-state index contributed by atoms with van der Waals surface area (Å²) >= 11 is 5.83. The summed E-state index contributed by atoms with van der Waals surface area (Å²) in [6.45, 7) is 1.45. The number of benzene rings is 2. The Hall–Kier alpha value is -2.66. The lowest BCUT2D eigenvalue weighted by molar-refractivity contribution is -0.111. The quantitative estimate of drug-likeness (QED) is 0.457. The first kappa shape index (κ1) is 14.3. The molecule has 1 N–H and O–H groups in total. The van der Waals surface area contributed by atoms with Gasteiger partial charge >= 0.3 is 0 Å². The highest BCUT2D eigenvalue weighted by Crippen LogP contribution is 2.14. The third kappa shape index (κ3) is 2.99. The first-order valence-corrected chi connectivity index (χ1v) is 7.06. The molecule has 6 heteroatoms. The fourth-order valence-electron chi connectivity index (χ4n) is 2.01. The van der Waals surface area contributed by atoms with Gasteiger partial charge in [0.2, 0.25) is 5.84 Å². The number of carbonyl (C=O) groups is 1. The van der Waals surface area contributed by atoms with Gasteiger partial charge in [-0.1, -0.05) is 29.8 Å². The average Bonchev–Trinajstić information content (AvgIpc) is 2.92. The number of rotatable bonds is 3. The molecule has 1 heterocycles. The number of hydrogen-bond acceptors (Lipinski definition) is 4. The number of nitrogens with one attached hydrogen (secondary N) is 1. The van der Waals surface area contributed by atoms with E-state index in [1.165, 1.54) is 11.6 Å². The van der Waals surface area contributed by atoms with Crippen molar-refractivity contribution in [2.75, 3.05) is 5.43 Å². The van der Waals surface area contributed by atoms with Crippen LogP contribution in [0.15, 0.2) is 59.8 Å². The molecule has 0 spiro atoms. The number of anilines is 1. The molecule has 0 aliphatic rings. The van der Waals surface area contributed by atoms with Crippen molar-refractivity contribution in [2.24, 2.45) is 5.10 Å². The smallest absolute Gasteiger partial charge is 0.216 e. The predicted octanol–water partition coefficient (Wildman–Crippen LogP) is 3.55. The summed E-state index contributed by atoms with van der Waals surface area (Å²) < 4.78 is 1.48. The zero-order valence-electron chi connectivity index (χ0n) is 11.8. The van der Waals surface area contributed by atoms with E-state index in [-0.39, 0.29) is 11.6 Å². The summed E-state index contributed by atoms with van der Waals surface area (Å²) in [5.41, 5.74) is 4.39. The third-order valence-corrected chi connectivity index (χ3v) is 3.33. The highest BCUT2D eigenvalue weighted by atomic mass is 35.5. The van der Waals surface area contributed by atoms with Gasteiger partial charge in [-0.15, -0.1) is 0 Å². The van der Waals surface area contributed by atoms with Crippen molar-refractivity contribution in [3.63, 3.8) is 0 Å². The van der Waals surface area contributed by atoms with E-state index < -0.39 is 0 Å². The first-order valence-electron chi connectivity index (χ1n) is 6.68. The van der Waals surface area contributed by atoms with Crippen LogP contribution in [-0.2, 0) is 4.79 Å². The third-order valence-electron chi connectivity index (χ3n) is 3.08. The fourth-order valence-corrected chi connectivity index (χ4v) is 2.13. The zero-order chi connectivity index (χ0) is 15.5. The molecule has 3 aromatic rings. The van der Waals surface area contributed by atoms with Crippen molar-refractivity contribution in [1.29, 1.82) is 0 Å². The molecular formula is C16H13ClN4O. The van der Waals surface area contributed by atoms with E-state index >= 15 is 0 Å².